The van der Waals surface area contributed by atoms with E-state index in [1.165, 1.54) is 0 Å². The number of aromatic nitrogens is 2. The lowest BCUT2D eigenvalue weighted by atomic mass is 10.1. The van der Waals surface area contributed by atoms with Gasteiger partial charge >= 0.3 is 0 Å². The summed E-state index contributed by atoms with van der Waals surface area (Å²) in [5.74, 6) is 0.0881. The summed E-state index contributed by atoms with van der Waals surface area (Å²) < 4.78 is 0. The molecule has 2 heterocycles. The molecule has 3 nitrogen and oxygen atoms in total. The summed E-state index contributed by atoms with van der Waals surface area (Å²) in [6, 6.07) is 3.74. The van der Waals surface area contributed by atoms with Crippen molar-refractivity contribution in [3.8, 4) is 0 Å². The molecule has 0 saturated carbocycles. The van der Waals surface area contributed by atoms with E-state index in [2.05, 4.69) is 9.97 Å². The second-order valence-electron chi connectivity index (χ2n) is 2.88. The second-order valence-corrected chi connectivity index (χ2v) is 2.88. The van der Waals surface area contributed by atoms with Gasteiger partial charge in [-0.3, -0.25) is 9.78 Å². The first-order valence-corrected chi connectivity index (χ1v) is 4.28. The Morgan fingerprint density at radius 3 is 3.15 bits per heavy atom. The van der Waals surface area contributed by atoms with Crippen molar-refractivity contribution < 1.29 is 4.79 Å². The Morgan fingerprint density at radius 2 is 2.38 bits per heavy atom. The van der Waals surface area contributed by atoms with Crippen LogP contribution in [-0.2, 0) is 0 Å². The van der Waals surface area contributed by atoms with E-state index < -0.39 is 0 Å². The van der Waals surface area contributed by atoms with Gasteiger partial charge in [0, 0.05) is 29.7 Å². The highest BCUT2D eigenvalue weighted by atomic mass is 16.1. The van der Waals surface area contributed by atoms with E-state index in [0.29, 0.717) is 12.1 Å². The van der Waals surface area contributed by atoms with Gasteiger partial charge in [-0.2, -0.15) is 0 Å². The van der Waals surface area contributed by atoms with Crippen LogP contribution in [0.1, 0.15) is 23.8 Å². The fourth-order valence-electron chi connectivity index (χ4n) is 1.37. The van der Waals surface area contributed by atoms with Crippen molar-refractivity contribution in [2.45, 2.75) is 13.3 Å². The van der Waals surface area contributed by atoms with Crippen LogP contribution in [0.4, 0.5) is 0 Å². The third-order valence-corrected chi connectivity index (χ3v) is 2.06. The van der Waals surface area contributed by atoms with Crippen molar-refractivity contribution in [2.24, 2.45) is 0 Å². The normalized spacial score (nSPS) is 10.5. The molecule has 0 unspecified atom stereocenters. The minimum atomic E-state index is 0.0881. The van der Waals surface area contributed by atoms with Crippen LogP contribution in [-0.4, -0.2) is 15.8 Å². The maximum absolute atomic E-state index is 11.4. The van der Waals surface area contributed by atoms with Gasteiger partial charge in [0.1, 0.15) is 5.69 Å². The van der Waals surface area contributed by atoms with Gasteiger partial charge in [-0.15, -0.1) is 0 Å². The zero-order chi connectivity index (χ0) is 9.26. The van der Waals surface area contributed by atoms with Crippen LogP contribution in [0, 0.1) is 0 Å². The number of Topliss-reactive ketones (excluding diaryl/α,β-unsaturated/α-hetero) is 1. The Morgan fingerprint density at radius 1 is 1.54 bits per heavy atom. The lowest BCUT2D eigenvalue weighted by molar-refractivity contribution is 0.0985. The first-order chi connectivity index (χ1) is 6.33. The molecular weight excluding hydrogens is 164 g/mol. The Kier molecular flexibility index (Phi) is 1.85. The highest BCUT2D eigenvalue weighted by Crippen LogP contribution is 2.15. The predicted molar refractivity (Wildman–Crippen MR) is 50.7 cm³/mol. The van der Waals surface area contributed by atoms with E-state index in [1.807, 2.05) is 25.3 Å². The standard InChI is InChI=1S/C10H10N2O/c1-2-9(13)10-7-3-5-11-8(7)4-6-12-10/h3-6,11H,2H2,1H3. The minimum Gasteiger partial charge on any atom is -0.361 e. The quantitative estimate of drug-likeness (QED) is 0.709. The van der Waals surface area contributed by atoms with E-state index in [-0.39, 0.29) is 5.78 Å². The lowest BCUT2D eigenvalue weighted by Gasteiger charge is -1.97. The van der Waals surface area contributed by atoms with Crippen LogP contribution >= 0.6 is 0 Å². The first kappa shape index (κ1) is 7.98. The van der Waals surface area contributed by atoms with E-state index in [9.17, 15) is 4.79 Å². The summed E-state index contributed by atoms with van der Waals surface area (Å²) in [6.07, 6.45) is 3.97. The molecule has 0 bridgehead atoms. The van der Waals surface area contributed by atoms with E-state index in [0.717, 1.165) is 10.9 Å². The zero-order valence-corrected chi connectivity index (χ0v) is 7.37. The molecule has 2 aromatic heterocycles. The van der Waals surface area contributed by atoms with Crippen molar-refractivity contribution in [2.75, 3.05) is 0 Å². The van der Waals surface area contributed by atoms with E-state index >= 15 is 0 Å². The molecule has 0 amide bonds. The molecule has 0 aliphatic rings. The number of pyridine rings is 1. The number of fused-ring (bicyclic) bond motifs is 1. The summed E-state index contributed by atoms with van der Waals surface area (Å²) in [5.41, 5.74) is 1.54. The van der Waals surface area contributed by atoms with Crippen LogP contribution < -0.4 is 0 Å². The summed E-state index contributed by atoms with van der Waals surface area (Å²) in [4.78, 5) is 18.6. The fourth-order valence-corrected chi connectivity index (χ4v) is 1.37. The molecule has 2 aromatic rings. The number of aromatic amines is 1. The summed E-state index contributed by atoms with van der Waals surface area (Å²) >= 11 is 0. The van der Waals surface area contributed by atoms with E-state index in [1.54, 1.807) is 6.20 Å². The molecule has 0 aliphatic heterocycles. The SMILES string of the molecule is CCC(=O)c1nccc2[nH]ccc12. The minimum absolute atomic E-state index is 0.0881. The molecule has 0 fully saturated rings. The summed E-state index contributed by atoms with van der Waals surface area (Å²) in [6.45, 7) is 1.84. The summed E-state index contributed by atoms with van der Waals surface area (Å²) in [7, 11) is 0. The molecule has 0 aliphatic carbocycles. The third-order valence-electron chi connectivity index (χ3n) is 2.06. The van der Waals surface area contributed by atoms with Gasteiger partial charge < -0.3 is 4.98 Å². The number of hydrogen-bond acceptors (Lipinski definition) is 2. The highest BCUT2D eigenvalue weighted by molar-refractivity contribution is 6.05. The number of hydrogen-bond donors (Lipinski definition) is 1. The molecule has 1 N–H and O–H groups in total. The van der Waals surface area contributed by atoms with Gasteiger partial charge in [0.05, 0.1) is 0 Å². The lowest BCUT2D eigenvalue weighted by Crippen LogP contribution is -1.99. The Balaban J connectivity index is 2.67. The van der Waals surface area contributed by atoms with Gasteiger partial charge in [0.15, 0.2) is 5.78 Å². The monoisotopic (exact) mass is 174 g/mol. The van der Waals surface area contributed by atoms with Crippen LogP contribution in [0.5, 0.6) is 0 Å². The number of H-pyrrole nitrogens is 1. The summed E-state index contributed by atoms with van der Waals surface area (Å²) in [5, 5.41) is 0.911. The van der Waals surface area contributed by atoms with Crippen LogP contribution in [0.15, 0.2) is 24.5 Å². The van der Waals surface area contributed by atoms with Gasteiger partial charge in [-0.25, -0.2) is 0 Å². The van der Waals surface area contributed by atoms with Crippen LogP contribution in [0.25, 0.3) is 10.9 Å². The molecular formula is C10H10N2O. The van der Waals surface area contributed by atoms with Crippen molar-refractivity contribution >= 4 is 16.7 Å². The Labute approximate surface area is 75.8 Å². The van der Waals surface area contributed by atoms with Crippen molar-refractivity contribution in [3.63, 3.8) is 0 Å². The van der Waals surface area contributed by atoms with Crippen molar-refractivity contribution in [3.05, 3.63) is 30.2 Å². The molecule has 0 radical (unpaired) electrons. The maximum Gasteiger partial charge on any atom is 0.181 e. The fraction of sp³-hybridized carbons (Fsp3) is 0.200. The Hall–Kier alpha value is -1.64. The number of nitrogens with one attached hydrogen (secondary N) is 1. The maximum atomic E-state index is 11.4. The van der Waals surface area contributed by atoms with Gasteiger partial charge in [-0.05, 0) is 12.1 Å². The molecule has 13 heavy (non-hydrogen) atoms. The van der Waals surface area contributed by atoms with Crippen molar-refractivity contribution in [1.82, 2.24) is 9.97 Å². The van der Waals surface area contributed by atoms with Gasteiger partial charge in [0.2, 0.25) is 0 Å². The van der Waals surface area contributed by atoms with Gasteiger partial charge in [0.25, 0.3) is 0 Å². The molecule has 0 atom stereocenters. The second kappa shape index (κ2) is 3.01. The van der Waals surface area contributed by atoms with Crippen LogP contribution in [0.3, 0.4) is 0 Å². The Bertz CT molecular complexity index is 445. The first-order valence-electron chi connectivity index (χ1n) is 4.28. The number of ketones is 1. The average Bonchev–Trinajstić information content (AvgIpc) is 2.63. The molecule has 0 saturated heterocycles. The highest BCUT2D eigenvalue weighted by Gasteiger charge is 2.09. The number of nitrogens with zero attached hydrogens (tertiary/aromatic N) is 1. The average molecular weight is 174 g/mol. The topological polar surface area (TPSA) is 45.8 Å². The van der Waals surface area contributed by atoms with Crippen LogP contribution in [0.2, 0.25) is 0 Å². The molecule has 66 valence electrons. The van der Waals surface area contributed by atoms with Crippen molar-refractivity contribution in [1.29, 1.82) is 0 Å². The largest absolute Gasteiger partial charge is 0.361 e. The number of rotatable bonds is 2. The third kappa shape index (κ3) is 1.22. The number of carbonyl (C=O) groups is 1. The zero-order valence-electron chi connectivity index (χ0n) is 7.37. The number of carbonyl (C=O) groups excluding carboxylic acids is 1. The molecule has 3 heteroatoms. The molecule has 0 aromatic carbocycles. The van der Waals surface area contributed by atoms with E-state index in [4.69, 9.17) is 0 Å². The molecule has 2 rings (SSSR count). The van der Waals surface area contributed by atoms with Gasteiger partial charge in [-0.1, -0.05) is 6.92 Å². The molecule has 0 spiro atoms. The smallest absolute Gasteiger partial charge is 0.181 e. The predicted octanol–water partition coefficient (Wildman–Crippen LogP) is 2.16.